The van der Waals surface area contributed by atoms with Gasteiger partial charge in [-0.15, -0.1) is 12.4 Å². The molecular weight excluding hydrogens is 358 g/mol. The van der Waals surface area contributed by atoms with Crippen LogP contribution in [-0.4, -0.2) is 27.4 Å². The minimum atomic E-state index is -3.56. The highest BCUT2D eigenvalue weighted by atomic mass is 79.9. The molecule has 1 rings (SSSR count). The molecule has 108 valence electrons. The van der Waals surface area contributed by atoms with E-state index in [9.17, 15) is 13.2 Å². The molecule has 1 aromatic carbocycles. The summed E-state index contributed by atoms with van der Waals surface area (Å²) in [5.74, 6) is -0.229. The molecule has 0 saturated heterocycles. The van der Waals surface area contributed by atoms with Crippen molar-refractivity contribution in [1.29, 1.82) is 0 Å². The number of amides is 1. The molecule has 6 nitrogen and oxygen atoms in total. The SMILES string of the molecule is CC(=O)Nc1ccc(S(=O)(=O)NCCN)cc1Br.Cl. The van der Waals surface area contributed by atoms with Crippen LogP contribution in [0.2, 0.25) is 0 Å². The number of nitrogens with one attached hydrogen (secondary N) is 2. The highest BCUT2D eigenvalue weighted by molar-refractivity contribution is 9.10. The van der Waals surface area contributed by atoms with Crippen LogP contribution in [0, 0.1) is 0 Å². The predicted molar refractivity (Wildman–Crippen MR) is 79.9 cm³/mol. The van der Waals surface area contributed by atoms with E-state index in [0.717, 1.165) is 0 Å². The first-order valence-electron chi connectivity index (χ1n) is 5.13. The molecule has 9 heteroatoms. The van der Waals surface area contributed by atoms with E-state index in [-0.39, 0.29) is 36.3 Å². The van der Waals surface area contributed by atoms with Crippen molar-refractivity contribution in [3.8, 4) is 0 Å². The summed E-state index contributed by atoms with van der Waals surface area (Å²) < 4.78 is 26.4. The van der Waals surface area contributed by atoms with Crippen molar-refractivity contribution in [3.05, 3.63) is 22.7 Å². The van der Waals surface area contributed by atoms with Gasteiger partial charge in [0.15, 0.2) is 0 Å². The maximum Gasteiger partial charge on any atom is 0.240 e. The molecule has 0 atom stereocenters. The Morgan fingerprint density at radius 3 is 2.53 bits per heavy atom. The lowest BCUT2D eigenvalue weighted by Crippen LogP contribution is -2.29. The Bertz CT molecular complexity index is 551. The largest absolute Gasteiger partial charge is 0.329 e. The summed E-state index contributed by atoms with van der Waals surface area (Å²) in [4.78, 5) is 11.0. The molecule has 0 aliphatic rings. The highest BCUT2D eigenvalue weighted by Crippen LogP contribution is 2.25. The maximum atomic E-state index is 11.8. The van der Waals surface area contributed by atoms with Gasteiger partial charge in [0.05, 0.1) is 10.6 Å². The number of sulfonamides is 1. The van der Waals surface area contributed by atoms with Crippen molar-refractivity contribution in [2.75, 3.05) is 18.4 Å². The molecule has 0 unspecified atom stereocenters. The van der Waals surface area contributed by atoms with Crippen molar-refractivity contribution >= 4 is 50.0 Å². The second-order valence-electron chi connectivity index (χ2n) is 3.51. The monoisotopic (exact) mass is 371 g/mol. The Hall–Kier alpha value is -0.670. The average molecular weight is 373 g/mol. The molecule has 1 amide bonds. The molecule has 0 aromatic heterocycles. The smallest absolute Gasteiger partial charge is 0.240 e. The van der Waals surface area contributed by atoms with Gasteiger partial charge in [0.25, 0.3) is 0 Å². The van der Waals surface area contributed by atoms with E-state index in [2.05, 4.69) is 26.0 Å². The number of halogens is 2. The molecule has 19 heavy (non-hydrogen) atoms. The molecule has 0 radical (unpaired) electrons. The van der Waals surface area contributed by atoms with Crippen molar-refractivity contribution in [3.63, 3.8) is 0 Å². The lowest BCUT2D eigenvalue weighted by atomic mass is 10.3. The first kappa shape index (κ1) is 18.3. The molecular formula is C10H15BrClN3O3S. The average Bonchev–Trinajstić information content (AvgIpc) is 2.28. The number of hydrogen-bond donors (Lipinski definition) is 3. The van der Waals surface area contributed by atoms with Gasteiger partial charge < -0.3 is 11.1 Å². The van der Waals surface area contributed by atoms with E-state index in [0.29, 0.717) is 10.2 Å². The molecule has 0 bridgehead atoms. The predicted octanol–water partition coefficient (Wildman–Crippen LogP) is 1.07. The number of nitrogens with two attached hydrogens (primary N) is 1. The summed E-state index contributed by atoms with van der Waals surface area (Å²) in [6, 6.07) is 4.35. The Labute approximate surface area is 126 Å². The van der Waals surface area contributed by atoms with Gasteiger partial charge in [0.2, 0.25) is 15.9 Å². The van der Waals surface area contributed by atoms with Crippen molar-refractivity contribution in [1.82, 2.24) is 4.72 Å². The van der Waals surface area contributed by atoms with E-state index in [4.69, 9.17) is 5.73 Å². The van der Waals surface area contributed by atoms with Gasteiger partial charge >= 0.3 is 0 Å². The molecule has 1 aromatic rings. The zero-order valence-corrected chi connectivity index (χ0v) is 13.4. The van der Waals surface area contributed by atoms with Crippen LogP contribution in [-0.2, 0) is 14.8 Å². The summed E-state index contributed by atoms with van der Waals surface area (Å²) in [6.45, 7) is 1.78. The first-order valence-corrected chi connectivity index (χ1v) is 7.41. The topological polar surface area (TPSA) is 101 Å². The second kappa shape index (κ2) is 7.81. The van der Waals surface area contributed by atoms with Gasteiger partial charge in [-0.3, -0.25) is 4.79 Å². The number of carbonyl (C=O) groups excluding carboxylic acids is 1. The molecule has 4 N–H and O–H groups in total. The van der Waals surface area contributed by atoms with Crippen LogP contribution in [0.4, 0.5) is 5.69 Å². The van der Waals surface area contributed by atoms with Crippen LogP contribution in [0.1, 0.15) is 6.92 Å². The normalized spacial score (nSPS) is 10.7. The summed E-state index contributed by atoms with van der Waals surface area (Å²) in [5.41, 5.74) is 5.75. The first-order chi connectivity index (χ1) is 8.36. The standard InChI is InChI=1S/C10H14BrN3O3S.ClH/c1-7(15)14-10-3-2-8(6-9(10)11)18(16,17)13-5-4-12;/h2-3,6,13H,4-5,12H2,1H3,(H,14,15);1H. The molecule has 0 heterocycles. The van der Waals surface area contributed by atoms with Crippen molar-refractivity contribution in [2.45, 2.75) is 11.8 Å². The third-order valence-corrected chi connectivity index (χ3v) is 4.11. The zero-order chi connectivity index (χ0) is 13.8. The Balaban J connectivity index is 0.00000324. The fraction of sp³-hybridized carbons (Fsp3) is 0.300. The van der Waals surface area contributed by atoms with E-state index >= 15 is 0 Å². The summed E-state index contributed by atoms with van der Waals surface area (Å²) >= 11 is 3.20. The van der Waals surface area contributed by atoms with Gasteiger partial charge in [-0.25, -0.2) is 13.1 Å². The Morgan fingerprint density at radius 1 is 1.42 bits per heavy atom. The second-order valence-corrected chi connectivity index (χ2v) is 6.13. The number of carbonyl (C=O) groups is 1. The van der Waals surface area contributed by atoms with Gasteiger partial charge in [-0.2, -0.15) is 0 Å². The molecule has 0 fully saturated rings. The van der Waals surface area contributed by atoms with Crippen LogP contribution in [0.3, 0.4) is 0 Å². The fourth-order valence-corrected chi connectivity index (χ4v) is 2.93. The van der Waals surface area contributed by atoms with E-state index in [1.807, 2.05) is 0 Å². The molecule has 0 aliphatic heterocycles. The minimum Gasteiger partial charge on any atom is -0.329 e. The molecule has 0 spiro atoms. The van der Waals surface area contributed by atoms with Crippen LogP contribution in [0.5, 0.6) is 0 Å². The highest BCUT2D eigenvalue weighted by Gasteiger charge is 2.14. The van der Waals surface area contributed by atoms with Gasteiger partial charge in [0.1, 0.15) is 0 Å². The summed E-state index contributed by atoms with van der Waals surface area (Å²) in [5, 5.41) is 2.57. The number of benzene rings is 1. The Morgan fingerprint density at radius 2 is 2.05 bits per heavy atom. The third kappa shape index (κ3) is 5.45. The van der Waals surface area contributed by atoms with E-state index < -0.39 is 10.0 Å². The fourth-order valence-electron chi connectivity index (χ4n) is 1.23. The number of hydrogen-bond acceptors (Lipinski definition) is 4. The van der Waals surface area contributed by atoms with Crippen LogP contribution >= 0.6 is 28.3 Å². The van der Waals surface area contributed by atoms with Crippen LogP contribution in [0.15, 0.2) is 27.6 Å². The molecule has 0 aliphatic carbocycles. The lowest BCUT2D eigenvalue weighted by molar-refractivity contribution is -0.114. The van der Waals surface area contributed by atoms with Gasteiger partial charge in [0, 0.05) is 24.5 Å². The zero-order valence-electron chi connectivity index (χ0n) is 10.1. The van der Waals surface area contributed by atoms with Crippen molar-refractivity contribution < 1.29 is 13.2 Å². The quantitative estimate of drug-likeness (QED) is 0.719. The third-order valence-electron chi connectivity index (χ3n) is 2.00. The lowest BCUT2D eigenvalue weighted by Gasteiger charge is -2.09. The number of rotatable bonds is 5. The van der Waals surface area contributed by atoms with Gasteiger partial charge in [-0.05, 0) is 34.1 Å². The number of anilines is 1. The van der Waals surface area contributed by atoms with Crippen LogP contribution in [0.25, 0.3) is 0 Å². The van der Waals surface area contributed by atoms with Gasteiger partial charge in [-0.1, -0.05) is 0 Å². The Kier molecular flexibility index (Phi) is 7.53. The summed E-state index contributed by atoms with van der Waals surface area (Å²) in [7, 11) is -3.56. The maximum absolute atomic E-state index is 11.8. The minimum absolute atomic E-state index is 0. The van der Waals surface area contributed by atoms with E-state index in [1.54, 1.807) is 0 Å². The van der Waals surface area contributed by atoms with E-state index in [1.165, 1.54) is 25.1 Å². The summed E-state index contributed by atoms with van der Waals surface area (Å²) in [6.07, 6.45) is 0. The molecule has 0 saturated carbocycles. The van der Waals surface area contributed by atoms with Crippen LogP contribution < -0.4 is 15.8 Å². The van der Waals surface area contributed by atoms with Crippen molar-refractivity contribution in [2.24, 2.45) is 5.73 Å².